The first-order valence-corrected chi connectivity index (χ1v) is 9.95. The molecule has 0 spiro atoms. The number of halogens is 2. The first-order valence-electron chi connectivity index (χ1n) is 8.78. The second-order valence-corrected chi connectivity index (χ2v) is 9.20. The van der Waals surface area contributed by atoms with Crippen molar-refractivity contribution in [2.75, 3.05) is 0 Å². The SMILES string of the molecule is CC(C)(C)c1ccc([C@@H]2C[C@H]2C(=O)NN=Cc2cc(Br)cc(Cl)c2O)cc1. The van der Waals surface area contributed by atoms with Gasteiger partial charge in [0, 0.05) is 16.0 Å². The van der Waals surface area contributed by atoms with Gasteiger partial charge >= 0.3 is 0 Å². The van der Waals surface area contributed by atoms with E-state index in [-0.39, 0.29) is 33.9 Å². The van der Waals surface area contributed by atoms with Crippen molar-refractivity contribution < 1.29 is 9.90 Å². The summed E-state index contributed by atoms with van der Waals surface area (Å²) < 4.78 is 0.721. The Labute approximate surface area is 172 Å². The van der Waals surface area contributed by atoms with Gasteiger partial charge in [0.25, 0.3) is 0 Å². The molecule has 2 aromatic rings. The maximum Gasteiger partial charge on any atom is 0.243 e. The van der Waals surface area contributed by atoms with Crippen molar-refractivity contribution in [1.29, 1.82) is 0 Å². The number of hydrogen-bond donors (Lipinski definition) is 2. The lowest BCUT2D eigenvalue weighted by Crippen LogP contribution is -2.20. The molecule has 2 atom stereocenters. The van der Waals surface area contributed by atoms with Crippen LogP contribution in [0.1, 0.15) is 49.8 Å². The molecule has 0 aliphatic heterocycles. The van der Waals surface area contributed by atoms with Gasteiger partial charge in [-0.1, -0.05) is 72.6 Å². The van der Waals surface area contributed by atoms with Gasteiger partial charge in [0.05, 0.1) is 11.2 Å². The quantitative estimate of drug-likeness (QED) is 0.487. The highest BCUT2D eigenvalue weighted by Gasteiger charge is 2.44. The van der Waals surface area contributed by atoms with Gasteiger partial charge in [-0.3, -0.25) is 4.79 Å². The molecule has 3 rings (SSSR count). The fraction of sp³-hybridized carbons (Fsp3) is 0.333. The lowest BCUT2D eigenvalue weighted by Gasteiger charge is -2.19. The molecule has 2 N–H and O–H groups in total. The third-order valence-electron chi connectivity index (χ3n) is 4.77. The highest BCUT2D eigenvalue weighted by atomic mass is 79.9. The Kier molecular flexibility index (Phi) is 5.63. The van der Waals surface area contributed by atoms with E-state index in [2.05, 4.69) is 71.5 Å². The van der Waals surface area contributed by atoms with E-state index in [1.807, 2.05) is 0 Å². The van der Waals surface area contributed by atoms with Gasteiger partial charge in [0.2, 0.25) is 5.91 Å². The van der Waals surface area contributed by atoms with Crippen LogP contribution >= 0.6 is 27.5 Å². The Morgan fingerprint density at radius 2 is 1.96 bits per heavy atom. The Bertz CT molecular complexity index is 888. The minimum atomic E-state index is -0.114. The zero-order valence-corrected chi connectivity index (χ0v) is 17.8. The summed E-state index contributed by atoms with van der Waals surface area (Å²) >= 11 is 9.23. The number of phenols is 1. The minimum absolute atomic E-state index is 0.0673. The van der Waals surface area contributed by atoms with E-state index in [0.717, 1.165) is 10.9 Å². The van der Waals surface area contributed by atoms with E-state index < -0.39 is 0 Å². The Balaban J connectivity index is 1.59. The van der Waals surface area contributed by atoms with Crippen LogP contribution in [0.15, 0.2) is 46.0 Å². The average Bonchev–Trinajstić information content (AvgIpc) is 3.39. The molecule has 0 aromatic heterocycles. The third-order valence-corrected chi connectivity index (χ3v) is 5.51. The third kappa shape index (κ3) is 4.71. The number of nitrogens with zero attached hydrogens (tertiary/aromatic N) is 1. The number of rotatable bonds is 4. The first-order chi connectivity index (χ1) is 12.7. The summed E-state index contributed by atoms with van der Waals surface area (Å²) in [5, 5.41) is 14.1. The van der Waals surface area contributed by atoms with Crippen LogP contribution in [0.3, 0.4) is 0 Å². The second kappa shape index (κ2) is 7.64. The summed E-state index contributed by atoms with van der Waals surface area (Å²) in [6, 6.07) is 11.8. The lowest BCUT2D eigenvalue weighted by molar-refractivity contribution is -0.122. The van der Waals surface area contributed by atoms with Gasteiger partial charge in [0.1, 0.15) is 5.75 Å². The molecule has 6 heteroatoms. The Hall–Kier alpha value is -1.85. The number of hydrogen-bond acceptors (Lipinski definition) is 3. The van der Waals surface area contributed by atoms with Crippen LogP contribution in [0.5, 0.6) is 5.75 Å². The molecule has 0 bridgehead atoms. The van der Waals surface area contributed by atoms with Crippen molar-refractivity contribution in [3.05, 3.63) is 62.6 Å². The average molecular weight is 450 g/mol. The predicted octanol–water partition coefficient (Wildman–Crippen LogP) is 5.36. The standard InChI is InChI=1S/C21H22BrClN2O2/c1-21(2,3)14-6-4-12(5-7-14)16-10-17(16)20(27)25-24-11-13-8-15(22)9-18(23)19(13)26/h4-9,11,16-17,26H,10H2,1-3H3,(H,25,27)/t16-,17+/m0/s1. The molecule has 2 aromatic carbocycles. The number of benzene rings is 2. The molecule has 4 nitrogen and oxygen atoms in total. The number of carbonyl (C=O) groups excluding carboxylic acids is 1. The van der Waals surface area contributed by atoms with Crippen molar-refractivity contribution in [3.63, 3.8) is 0 Å². The van der Waals surface area contributed by atoms with Gasteiger partial charge in [-0.05, 0) is 41.0 Å². The van der Waals surface area contributed by atoms with Crippen LogP contribution in [0.25, 0.3) is 0 Å². The fourth-order valence-electron chi connectivity index (χ4n) is 3.02. The topological polar surface area (TPSA) is 61.7 Å². The van der Waals surface area contributed by atoms with Crippen molar-refractivity contribution in [2.24, 2.45) is 11.0 Å². The van der Waals surface area contributed by atoms with Gasteiger partial charge in [-0.25, -0.2) is 5.43 Å². The van der Waals surface area contributed by atoms with Crippen LogP contribution in [-0.2, 0) is 10.2 Å². The maximum absolute atomic E-state index is 12.3. The van der Waals surface area contributed by atoms with Gasteiger partial charge in [-0.15, -0.1) is 0 Å². The van der Waals surface area contributed by atoms with E-state index in [1.165, 1.54) is 17.3 Å². The number of amides is 1. The van der Waals surface area contributed by atoms with Crippen LogP contribution in [0.2, 0.25) is 5.02 Å². The predicted molar refractivity (Wildman–Crippen MR) is 113 cm³/mol. The molecule has 1 fully saturated rings. The number of phenolic OH excluding ortho intramolecular Hbond substituents is 1. The first kappa shape index (κ1) is 19.9. The number of aromatic hydroxyl groups is 1. The molecule has 1 aliphatic rings. The minimum Gasteiger partial charge on any atom is -0.506 e. The number of carbonyl (C=O) groups is 1. The Morgan fingerprint density at radius 1 is 1.30 bits per heavy atom. The smallest absolute Gasteiger partial charge is 0.243 e. The van der Waals surface area contributed by atoms with Crippen LogP contribution in [0.4, 0.5) is 0 Å². The maximum atomic E-state index is 12.3. The van der Waals surface area contributed by atoms with E-state index in [9.17, 15) is 9.90 Å². The Morgan fingerprint density at radius 3 is 2.59 bits per heavy atom. The van der Waals surface area contributed by atoms with E-state index in [4.69, 9.17) is 11.6 Å². The molecule has 142 valence electrons. The van der Waals surface area contributed by atoms with E-state index in [0.29, 0.717) is 5.56 Å². The molecule has 1 aliphatic carbocycles. The summed E-state index contributed by atoms with van der Waals surface area (Å²) in [5.74, 6) is -0.0110. The van der Waals surface area contributed by atoms with Crippen LogP contribution in [-0.4, -0.2) is 17.2 Å². The molecule has 27 heavy (non-hydrogen) atoms. The van der Waals surface area contributed by atoms with Gasteiger partial charge in [0.15, 0.2) is 0 Å². The highest BCUT2D eigenvalue weighted by molar-refractivity contribution is 9.10. The molecule has 0 saturated heterocycles. The molecular formula is C21H22BrClN2O2. The van der Waals surface area contributed by atoms with Crippen molar-refractivity contribution in [1.82, 2.24) is 5.43 Å². The summed E-state index contributed by atoms with van der Waals surface area (Å²) in [4.78, 5) is 12.3. The van der Waals surface area contributed by atoms with Crippen molar-refractivity contribution in [3.8, 4) is 5.75 Å². The largest absolute Gasteiger partial charge is 0.506 e. The second-order valence-electron chi connectivity index (χ2n) is 7.88. The monoisotopic (exact) mass is 448 g/mol. The van der Waals surface area contributed by atoms with Crippen LogP contribution in [0, 0.1) is 5.92 Å². The molecule has 0 radical (unpaired) electrons. The lowest BCUT2D eigenvalue weighted by atomic mass is 9.86. The van der Waals surface area contributed by atoms with E-state index >= 15 is 0 Å². The van der Waals surface area contributed by atoms with E-state index in [1.54, 1.807) is 12.1 Å². The molecule has 1 saturated carbocycles. The summed E-state index contributed by atoms with van der Waals surface area (Å²) in [5.41, 5.74) is 5.57. The molecule has 0 heterocycles. The zero-order chi connectivity index (χ0) is 19.8. The van der Waals surface area contributed by atoms with Crippen molar-refractivity contribution >= 4 is 39.7 Å². The molecule has 1 amide bonds. The summed E-state index contributed by atoms with van der Waals surface area (Å²) in [7, 11) is 0. The number of nitrogens with one attached hydrogen (secondary N) is 1. The van der Waals surface area contributed by atoms with Crippen molar-refractivity contribution in [2.45, 2.75) is 38.5 Å². The van der Waals surface area contributed by atoms with Gasteiger partial charge in [-0.2, -0.15) is 5.10 Å². The zero-order valence-electron chi connectivity index (χ0n) is 15.5. The fourth-order valence-corrected chi connectivity index (χ4v) is 3.85. The normalized spacial score (nSPS) is 19.3. The molecular weight excluding hydrogens is 428 g/mol. The number of hydrazone groups is 1. The summed E-state index contributed by atoms with van der Waals surface area (Å²) in [6.45, 7) is 6.55. The molecule has 0 unspecified atom stereocenters. The van der Waals surface area contributed by atoms with Gasteiger partial charge < -0.3 is 5.11 Å². The summed E-state index contributed by atoms with van der Waals surface area (Å²) in [6.07, 6.45) is 2.21. The highest BCUT2D eigenvalue weighted by Crippen LogP contribution is 2.47. The van der Waals surface area contributed by atoms with Crippen LogP contribution < -0.4 is 5.43 Å².